The summed E-state index contributed by atoms with van der Waals surface area (Å²) in [5, 5.41) is 9.00. The van der Waals surface area contributed by atoms with Crippen LogP contribution >= 0.6 is 11.8 Å². The van der Waals surface area contributed by atoms with Crippen LogP contribution in [-0.4, -0.2) is 31.7 Å². The Morgan fingerprint density at radius 2 is 2.22 bits per heavy atom. The number of nitrogens with two attached hydrogens (primary N) is 1. The van der Waals surface area contributed by atoms with Gasteiger partial charge in [0.15, 0.2) is 9.84 Å². The van der Waals surface area contributed by atoms with Crippen LogP contribution in [0.5, 0.6) is 0 Å². The summed E-state index contributed by atoms with van der Waals surface area (Å²) in [4.78, 5) is 0.211. The molecule has 0 aliphatic rings. The molecule has 0 fully saturated rings. The number of hydrogen-bond donors (Lipinski definition) is 1. The highest BCUT2D eigenvalue weighted by Gasteiger charge is 2.15. The molecular formula is C12H16N2O2S2. The molecule has 0 radical (unpaired) electrons. The van der Waals surface area contributed by atoms with Gasteiger partial charge in [0.1, 0.15) is 0 Å². The van der Waals surface area contributed by atoms with Gasteiger partial charge in [-0.2, -0.15) is 17.0 Å². The van der Waals surface area contributed by atoms with Gasteiger partial charge in [0.05, 0.1) is 22.3 Å². The van der Waals surface area contributed by atoms with E-state index >= 15 is 0 Å². The fourth-order valence-corrected chi connectivity index (χ4v) is 3.93. The third-order valence-electron chi connectivity index (χ3n) is 2.41. The number of sulfone groups is 1. The lowest BCUT2D eigenvalue weighted by atomic mass is 10.2. The van der Waals surface area contributed by atoms with Crippen LogP contribution in [0.3, 0.4) is 0 Å². The van der Waals surface area contributed by atoms with E-state index in [2.05, 4.69) is 0 Å². The molecule has 0 saturated carbocycles. The minimum absolute atomic E-state index is 0.0664. The van der Waals surface area contributed by atoms with Crippen molar-refractivity contribution in [3.63, 3.8) is 0 Å². The Morgan fingerprint density at radius 3 is 2.83 bits per heavy atom. The second-order valence-corrected chi connectivity index (χ2v) is 7.53. The molecule has 0 saturated heterocycles. The van der Waals surface area contributed by atoms with E-state index in [1.807, 2.05) is 13.0 Å². The third kappa shape index (κ3) is 4.33. The first-order chi connectivity index (χ1) is 8.49. The zero-order chi connectivity index (χ0) is 13.6. The second-order valence-electron chi connectivity index (χ2n) is 3.88. The van der Waals surface area contributed by atoms with E-state index in [0.29, 0.717) is 17.9 Å². The molecule has 1 aromatic carbocycles. The van der Waals surface area contributed by atoms with E-state index in [4.69, 9.17) is 11.0 Å². The van der Waals surface area contributed by atoms with Crippen molar-refractivity contribution in [2.24, 2.45) is 5.73 Å². The Kier molecular flexibility index (Phi) is 5.66. The van der Waals surface area contributed by atoms with Crippen molar-refractivity contribution in [1.82, 2.24) is 0 Å². The topological polar surface area (TPSA) is 84.0 Å². The highest BCUT2D eigenvalue weighted by molar-refractivity contribution is 8.01. The molecule has 0 spiro atoms. The van der Waals surface area contributed by atoms with Crippen LogP contribution in [0.1, 0.15) is 12.5 Å². The van der Waals surface area contributed by atoms with Crippen LogP contribution in [0.2, 0.25) is 0 Å². The molecular weight excluding hydrogens is 268 g/mol. The van der Waals surface area contributed by atoms with Gasteiger partial charge in [-0.05, 0) is 18.2 Å². The van der Waals surface area contributed by atoms with Crippen molar-refractivity contribution in [1.29, 1.82) is 5.26 Å². The Morgan fingerprint density at radius 1 is 1.50 bits per heavy atom. The predicted octanol–water partition coefficient (Wildman–Crippen LogP) is 1.41. The standard InChI is InChI=1S/C12H16N2O2S2/c1-10(8-13)17-5-6-18(15,16)12-4-2-3-11(7-12)9-14/h2-4,7,10H,5-6,8,13H2,1H3. The summed E-state index contributed by atoms with van der Waals surface area (Å²) >= 11 is 1.54. The molecule has 0 aliphatic carbocycles. The maximum atomic E-state index is 12.0. The highest BCUT2D eigenvalue weighted by Crippen LogP contribution is 2.16. The lowest BCUT2D eigenvalue weighted by Crippen LogP contribution is -2.16. The van der Waals surface area contributed by atoms with Crippen LogP contribution in [0.4, 0.5) is 0 Å². The summed E-state index contributed by atoms with van der Waals surface area (Å²) in [7, 11) is -3.31. The Labute approximate surface area is 112 Å². The highest BCUT2D eigenvalue weighted by atomic mass is 32.2. The molecule has 6 heteroatoms. The smallest absolute Gasteiger partial charge is 0.179 e. The van der Waals surface area contributed by atoms with Crippen LogP contribution in [0.15, 0.2) is 29.2 Å². The molecule has 1 aromatic rings. The van der Waals surface area contributed by atoms with Crippen molar-refractivity contribution in [3.05, 3.63) is 29.8 Å². The van der Waals surface area contributed by atoms with E-state index in [1.165, 1.54) is 23.9 Å². The van der Waals surface area contributed by atoms with Crippen molar-refractivity contribution in [2.45, 2.75) is 17.1 Å². The van der Waals surface area contributed by atoms with E-state index < -0.39 is 9.84 Å². The summed E-state index contributed by atoms with van der Waals surface area (Å²) in [6, 6.07) is 8.04. The Balaban J connectivity index is 2.72. The summed E-state index contributed by atoms with van der Waals surface area (Å²) in [5.74, 6) is 0.578. The van der Waals surface area contributed by atoms with Gasteiger partial charge in [-0.3, -0.25) is 0 Å². The molecule has 98 valence electrons. The Hall–Kier alpha value is -1.03. The SMILES string of the molecule is CC(CN)SCCS(=O)(=O)c1cccc(C#N)c1. The summed E-state index contributed by atoms with van der Waals surface area (Å²) in [6.45, 7) is 2.50. The monoisotopic (exact) mass is 284 g/mol. The van der Waals surface area contributed by atoms with Crippen LogP contribution in [-0.2, 0) is 9.84 Å². The van der Waals surface area contributed by atoms with Crippen molar-refractivity contribution in [3.8, 4) is 6.07 Å². The number of rotatable bonds is 6. The first-order valence-electron chi connectivity index (χ1n) is 5.54. The molecule has 0 amide bonds. The van der Waals surface area contributed by atoms with Gasteiger partial charge in [-0.15, -0.1) is 0 Å². The van der Waals surface area contributed by atoms with Gasteiger partial charge in [-0.1, -0.05) is 13.0 Å². The van der Waals surface area contributed by atoms with Gasteiger partial charge in [0.2, 0.25) is 0 Å². The molecule has 0 bridgehead atoms. The van der Waals surface area contributed by atoms with E-state index in [9.17, 15) is 8.42 Å². The minimum Gasteiger partial charge on any atom is -0.329 e. The van der Waals surface area contributed by atoms with E-state index in [-0.39, 0.29) is 15.9 Å². The maximum Gasteiger partial charge on any atom is 0.179 e. The fraction of sp³-hybridized carbons (Fsp3) is 0.417. The molecule has 1 unspecified atom stereocenters. The van der Waals surface area contributed by atoms with Crippen molar-refractivity contribution >= 4 is 21.6 Å². The average molecular weight is 284 g/mol. The molecule has 1 atom stereocenters. The summed E-state index contributed by atoms with van der Waals surface area (Å²) in [5.41, 5.74) is 5.82. The first kappa shape index (κ1) is 15.0. The number of nitrogens with zero attached hydrogens (tertiary/aromatic N) is 1. The van der Waals surface area contributed by atoms with Crippen LogP contribution in [0, 0.1) is 11.3 Å². The first-order valence-corrected chi connectivity index (χ1v) is 8.24. The second kappa shape index (κ2) is 6.78. The molecule has 0 aliphatic heterocycles. The molecule has 1 rings (SSSR count). The number of benzene rings is 1. The predicted molar refractivity (Wildman–Crippen MR) is 74.2 cm³/mol. The van der Waals surface area contributed by atoms with Crippen LogP contribution < -0.4 is 5.73 Å². The largest absolute Gasteiger partial charge is 0.329 e. The molecule has 18 heavy (non-hydrogen) atoms. The van der Waals surface area contributed by atoms with Gasteiger partial charge in [0.25, 0.3) is 0 Å². The lowest BCUT2D eigenvalue weighted by Gasteiger charge is -2.08. The zero-order valence-electron chi connectivity index (χ0n) is 10.2. The number of nitriles is 1. The number of hydrogen-bond acceptors (Lipinski definition) is 5. The summed E-state index contributed by atoms with van der Waals surface area (Å²) < 4.78 is 24.0. The van der Waals surface area contributed by atoms with Crippen molar-refractivity contribution in [2.75, 3.05) is 18.1 Å². The normalized spacial score (nSPS) is 12.9. The zero-order valence-corrected chi connectivity index (χ0v) is 11.8. The van der Waals surface area contributed by atoms with E-state index in [1.54, 1.807) is 12.1 Å². The van der Waals surface area contributed by atoms with Gasteiger partial charge in [-0.25, -0.2) is 8.42 Å². The third-order valence-corrected chi connectivity index (χ3v) is 5.58. The number of thioether (sulfide) groups is 1. The maximum absolute atomic E-state index is 12.0. The fourth-order valence-electron chi connectivity index (χ4n) is 1.30. The minimum atomic E-state index is -3.31. The molecule has 2 N–H and O–H groups in total. The molecule has 0 aromatic heterocycles. The van der Waals surface area contributed by atoms with Gasteiger partial charge in [0, 0.05) is 17.5 Å². The van der Waals surface area contributed by atoms with Crippen molar-refractivity contribution < 1.29 is 8.42 Å². The average Bonchev–Trinajstić information content (AvgIpc) is 2.38. The van der Waals surface area contributed by atoms with Gasteiger partial charge < -0.3 is 5.73 Å². The quantitative estimate of drug-likeness (QED) is 0.854. The summed E-state index contributed by atoms with van der Waals surface area (Å²) in [6.07, 6.45) is 0. The van der Waals surface area contributed by atoms with Crippen LogP contribution in [0.25, 0.3) is 0 Å². The van der Waals surface area contributed by atoms with E-state index in [0.717, 1.165) is 0 Å². The Bertz CT molecular complexity index is 535. The lowest BCUT2D eigenvalue weighted by molar-refractivity contribution is 0.597. The molecule has 0 heterocycles. The molecule has 4 nitrogen and oxygen atoms in total. The van der Waals surface area contributed by atoms with Gasteiger partial charge >= 0.3 is 0 Å².